The Morgan fingerprint density at radius 1 is 1.21 bits per heavy atom. The first-order chi connectivity index (χ1) is 13.7. The molecule has 0 fully saturated rings. The van der Waals surface area contributed by atoms with Crippen molar-refractivity contribution in [1.29, 1.82) is 0 Å². The van der Waals surface area contributed by atoms with Crippen molar-refractivity contribution >= 4 is 29.9 Å². The summed E-state index contributed by atoms with van der Waals surface area (Å²) in [7, 11) is 3.87. The Bertz CT molecular complexity index is 885. The Morgan fingerprint density at radius 3 is 2.69 bits per heavy atom. The number of aromatic nitrogens is 4. The topological polar surface area (TPSA) is 63.3 Å². The van der Waals surface area contributed by atoms with Gasteiger partial charge in [-0.25, -0.2) is 9.67 Å². The molecule has 0 aliphatic carbocycles. The lowest BCUT2D eigenvalue weighted by Gasteiger charge is -2.21. The Kier molecular flexibility index (Phi) is 9.17. The molecule has 0 saturated heterocycles. The molecule has 1 N–H and O–H groups in total. The zero-order chi connectivity index (χ0) is 19.8. The molecule has 0 unspecified atom stereocenters. The van der Waals surface area contributed by atoms with Crippen LogP contribution in [0.4, 0.5) is 0 Å². The number of hydrogen-bond acceptors (Lipinski definition) is 3. The summed E-state index contributed by atoms with van der Waals surface area (Å²) in [6, 6.07) is 10.1. The third-order valence-corrected chi connectivity index (χ3v) is 4.68. The minimum atomic E-state index is 0. The number of benzene rings is 1. The van der Waals surface area contributed by atoms with Gasteiger partial charge in [-0.2, -0.15) is 5.10 Å². The minimum Gasteiger partial charge on any atom is -0.356 e. The molecule has 0 aliphatic heterocycles. The van der Waals surface area contributed by atoms with Gasteiger partial charge in [0, 0.05) is 57.9 Å². The minimum absolute atomic E-state index is 0. The second-order valence-corrected chi connectivity index (χ2v) is 6.83. The highest BCUT2D eigenvalue weighted by Gasteiger charge is 2.08. The van der Waals surface area contributed by atoms with Crippen molar-refractivity contribution in [3.8, 4) is 5.69 Å². The van der Waals surface area contributed by atoms with Crippen LogP contribution in [0, 0.1) is 6.92 Å². The SMILES string of the molecule is CN=C(NCCCCn1ccnc1C)N(C)Cc1cnn(-c2ccccc2)c1.I. The van der Waals surface area contributed by atoms with Crippen LogP contribution in [0.2, 0.25) is 0 Å². The average Bonchev–Trinajstić information content (AvgIpc) is 3.34. The highest BCUT2D eigenvalue weighted by molar-refractivity contribution is 14.0. The molecule has 0 radical (unpaired) electrons. The van der Waals surface area contributed by atoms with Gasteiger partial charge in [0.15, 0.2) is 5.96 Å². The number of nitrogens with one attached hydrogen (secondary N) is 1. The summed E-state index contributed by atoms with van der Waals surface area (Å²) in [5.74, 6) is 1.96. The summed E-state index contributed by atoms with van der Waals surface area (Å²) in [6.07, 6.45) is 10.0. The number of aliphatic imine (C=N–C) groups is 1. The summed E-state index contributed by atoms with van der Waals surface area (Å²) in [5, 5.41) is 7.91. The van der Waals surface area contributed by atoms with Gasteiger partial charge in [0.05, 0.1) is 11.9 Å². The van der Waals surface area contributed by atoms with Crippen LogP contribution in [0.15, 0.2) is 60.1 Å². The lowest BCUT2D eigenvalue weighted by atomic mass is 10.3. The predicted octanol–water partition coefficient (Wildman–Crippen LogP) is 3.48. The van der Waals surface area contributed by atoms with Crippen LogP contribution >= 0.6 is 24.0 Å². The van der Waals surface area contributed by atoms with Crippen molar-refractivity contribution in [2.75, 3.05) is 20.6 Å². The van der Waals surface area contributed by atoms with E-state index >= 15 is 0 Å². The Labute approximate surface area is 189 Å². The van der Waals surface area contributed by atoms with Crippen LogP contribution in [0.25, 0.3) is 5.69 Å². The van der Waals surface area contributed by atoms with Crippen LogP contribution in [0.1, 0.15) is 24.2 Å². The van der Waals surface area contributed by atoms with Crippen molar-refractivity contribution in [3.63, 3.8) is 0 Å². The van der Waals surface area contributed by atoms with E-state index in [0.29, 0.717) is 0 Å². The maximum absolute atomic E-state index is 4.46. The third-order valence-electron chi connectivity index (χ3n) is 4.68. The first-order valence-corrected chi connectivity index (χ1v) is 9.66. The smallest absolute Gasteiger partial charge is 0.193 e. The van der Waals surface area contributed by atoms with Gasteiger partial charge in [0.25, 0.3) is 0 Å². The van der Waals surface area contributed by atoms with Crippen molar-refractivity contribution in [1.82, 2.24) is 29.5 Å². The normalized spacial score (nSPS) is 11.2. The molecule has 7 nitrogen and oxygen atoms in total. The molecule has 1 aromatic carbocycles. The number of para-hydroxylation sites is 1. The molecule has 2 heterocycles. The number of nitrogens with zero attached hydrogens (tertiary/aromatic N) is 6. The highest BCUT2D eigenvalue weighted by Crippen LogP contribution is 2.09. The van der Waals surface area contributed by atoms with Crippen molar-refractivity contribution < 1.29 is 0 Å². The van der Waals surface area contributed by atoms with E-state index in [2.05, 4.69) is 36.1 Å². The number of hydrogen-bond donors (Lipinski definition) is 1. The van der Waals surface area contributed by atoms with Crippen LogP contribution < -0.4 is 5.32 Å². The molecule has 8 heteroatoms. The van der Waals surface area contributed by atoms with Gasteiger partial charge in [0.2, 0.25) is 0 Å². The third kappa shape index (κ3) is 6.59. The van der Waals surface area contributed by atoms with E-state index < -0.39 is 0 Å². The summed E-state index contributed by atoms with van der Waals surface area (Å²) in [4.78, 5) is 10.8. The Morgan fingerprint density at radius 2 is 2.00 bits per heavy atom. The van der Waals surface area contributed by atoms with Crippen molar-refractivity contribution in [2.24, 2.45) is 4.99 Å². The monoisotopic (exact) mass is 507 g/mol. The highest BCUT2D eigenvalue weighted by atomic mass is 127. The molecular weight excluding hydrogens is 477 g/mol. The van der Waals surface area contributed by atoms with Crippen molar-refractivity contribution in [3.05, 3.63) is 66.5 Å². The lowest BCUT2D eigenvalue weighted by Crippen LogP contribution is -2.38. The second kappa shape index (κ2) is 11.6. The molecule has 3 rings (SSSR count). The average molecular weight is 507 g/mol. The van der Waals surface area contributed by atoms with Crippen LogP contribution in [0.3, 0.4) is 0 Å². The van der Waals surface area contributed by atoms with E-state index in [1.165, 1.54) is 0 Å². The molecule has 0 saturated carbocycles. The van der Waals surface area contributed by atoms with E-state index in [1.54, 1.807) is 0 Å². The summed E-state index contributed by atoms with van der Waals surface area (Å²) in [6.45, 7) is 4.68. The quantitative estimate of drug-likeness (QED) is 0.220. The van der Waals surface area contributed by atoms with Crippen LogP contribution in [0.5, 0.6) is 0 Å². The molecule has 156 valence electrons. The molecule has 2 aromatic heterocycles. The molecule has 29 heavy (non-hydrogen) atoms. The van der Waals surface area contributed by atoms with Gasteiger partial charge in [-0.3, -0.25) is 4.99 Å². The fourth-order valence-corrected chi connectivity index (χ4v) is 3.14. The summed E-state index contributed by atoms with van der Waals surface area (Å²) >= 11 is 0. The van der Waals surface area contributed by atoms with Gasteiger partial charge in [-0.15, -0.1) is 24.0 Å². The summed E-state index contributed by atoms with van der Waals surface area (Å²) in [5.41, 5.74) is 2.21. The van der Waals surface area contributed by atoms with Gasteiger partial charge < -0.3 is 14.8 Å². The zero-order valence-electron chi connectivity index (χ0n) is 17.3. The van der Waals surface area contributed by atoms with E-state index in [1.807, 2.05) is 74.6 Å². The fraction of sp³-hybridized carbons (Fsp3) is 0.381. The molecule has 3 aromatic rings. The summed E-state index contributed by atoms with van der Waals surface area (Å²) < 4.78 is 4.09. The van der Waals surface area contributed by atoms with Gasteiger partial charge >= 0.3 is 0 Å². The fourth-order valence-electron chi connectivity index (χ4n) is 3.14. The lowest BCUT2D eigenvalue weighted by molar-refractivity contribution is 0.473. The number of rotatable bonds is 8. The largest absolute Gasteiger partial charge is 0.356 e. The molecular formula is C21H30IN7. The van der Waals surface area contributed by atoms with Gasteiger partial charge in [-0.05, 0) is 31.9 Å². The zero-order valence-corrected chi connectivity index (χ0v) is 19.7. The maximum atomic E-state index is 4.46. The predicted molar refractivity (Wildman–Crippen MR) is 128 cm³/mol. The van der Waals surface area contributed by atoms with E-state index in [0.717, 1.165) is 55.5 Å². The van der Waals surface area contributed by atoms with Crippen LogP contribution in [-0.4, -0.2) is 50.8 Å². The first-order valence-electron chi connectivity index (χ1n) is 9.66. The molecule has 0 bridgehead atoms. The van der Waals surface area contributed by atoms with Crippen molar-refractivity contribution in [2.45, 2.75) is 32.9 Å². The Hall–Kier alpha value is -2.36. The molecule has 0 spiro atoms. The van der Waals surface area contributed by atoms with Crippen LogP contribution in [-0.2, 0) is 13.1 Å². The van der Waals surface area contributed by atoms with E-state index in [9.17, 15) is 0 Å². The molecule has 0 amide bonds. The standard InChI is InChI=1S/C21H29N7.HI/c1-18-23-12-14-27(18)13-8-7-11-24-21(22-2)26(3)16-19-15-25-28(17-19)20-9-5-4-6-10-20;/h4-6,9-10,12,14-15,17H,7-8,11,13,16H2,1-3H3,(H,22,24);1H. The maximum Gasteiger partial charge on any atom is 0.193 e. The number of aryl methyl sites for hydroxylation is 2. The first kappa shape index (κ1) is 22.9. The molecule has 0 atom stereocenters. The Balaban J connectivity index is 0.00000300. The number of halogens is 1. The molecule has 0 aliphatic rings. The second-order valence-electron chi connectivity index (χ2n) is 6.83. The van der Waals surface area contributed by atoms with E-state index in [4.69, 9.17) is 0 Å². The van der Waals surface area contributed by atoms with Gasteiger partial charge in [-0.1, -0.05) is 18.2 Å². The number of guanidine groups is 1. The van der Waals surface area contributed by atoms with E-state index in [-0.39, 0.29) is 24.0 Å². The van der Waals surface area contributed by atoms with Gasteiger partial charge in [0.1, 0.15) is 5.82 Å². The number of unbranched alkanes of at least 4 members (excludes halogenated alkanes) is 1. The number of imidazole rings is 1.